The Hall–Kier alpha value is -2.74. The second-order valence-corrected chi connectivity index (χ2v) is 9.65. The summed E-state index contributed by atoms with van der Waals surface area (Å²) in [6.45, 7) is 5.55. The number of carbonyl (C=O) groups is 1. The molecule has 0 aliphatic heterocycles. The Balaban J connectivity index is 1.67. The zero-order valence-electron chi connectivity index (χ0n) is 17.6. The molecular weight excluding hydrogens is 471 g/mol. The van der Waals surface area contributed by atoms with Crippen molar-refractivity contribution in [2.75, 3.05) is 10.0 Å². The first-order chi connectivity index (χ1) is 15.1. The molecule has 9 heteroatoms. The second kappa shape index (κ2) is 9.81. The summed E-state index contributed by atoms with van der Waals surface area (Å²) < 4.78 is 33.5. The number of halogens is 2. The average Bonchev–Trinajstić information content (AvgIpc) is 2.75. The van der Waals surface area contributed by atoms with Gasteiger partial charge in [-0.05, 0) is 74.4 Å². The SMILES string of the molecule is Cc1cccc(O[C@@H](C)C(=O)Nc2ccc(S(=O)(=O)Nc3cccc(Cl)c3Cl)cc2)c1C. The molecular formula is C23H22Cl2N2O4S. The third kappa shape index (κ3) is 5.54. The lowest BCUT2D eigenvalue weighted by molar-refractivity contribution is -0.122. The van der Waals surface area contributed by atoms with Crippen molar-refractivity contribution in [2.45, 2.75) is 31.8 Å². The highest BCUT2D eigenvalue weighted by atomic mass is 35.5. The quantitative estimate of drug-likeness (QED) is 0.435. The molecule has 0 saturated heterocycles. The molecule has 0 aliphatic rings. The van der Waals surface area contributed by atoms with Crippen LogP contribution in [0.3, 0.4) is 0 Å². The summed E-state index contributed by atoms with van der Waals surface area (Å²) in [5, 5.41) is 3.07. The molecule has 0 saturated carbocycles. The summed E-state index contributed by atoms with van der Waals surface area (Å²) in [5.41, 5.74) is 2.65. The topological polar surface area (TPSA) is 84.5 Å². The highest BCUT2D eigenvalue weighted by Gasteiger charge is 2.19. The first kappa shape index (κ1) is 23.9. The Kier molecular flexibility index (Phi) is 7.33. The van der Waals surface area contributed by atoms with Crippen LogP contribution in [0.5, 0.6) is 5.75 Å². The summed E-state index contributed by atoms with van der Waals surface area (Å²) in [5.74, 6) is 0.283. The fourth-order valence-electron chi connectivity index (χ4n) is 2.84. The number of anilines is 2. The van der Waals surface area contributed by atoms with E-state index in [-0.39, 0.29) is 26.5 Å². The number of hydrogen-bond acceptors (Lipinski definition) is 4. The molecule has 2 N–H and O–H groups in total. The van der Waals surface area contributed by atoms with Gasteiger partial charge >= 0.3 is 0 Å². The van der Waals surface area contributed by atoms with Crippen LogP contribution in [0, 0.1) is 13.8 Å². The lowest BCUT2D eigenvalue weighted by Gasteiger charge is -2.17. The molecule has 1 atom stereocenters. The van der Waals surface area contributed by atoms with Crippen LogP contribution >= 0.6 is 23.2 Å². The third-order valence-electron chi connectivity index (χ3n) is 4.86. The molecule has 0 radical (unpaired) electrons. The number of amides is 1. The highest BCUT2D eigenvalue weighted by Crippen LogP contribution is 2.31. The number of hydrogen-bond donors (Lipinski definition) is 2. The maximum Gasteiger partial charge on any atom is 0.265 e. The standard InChI is InChI=1S/C23H22Cl2N2O4S/c1-14-6-4-9-21(15(14)2)31-16(3)23(28)26-17-10-12-18(13-11-17)32(29,30)27-20-8-5-7-19(24)22(20)25/h4-13,16,27H,1-3H3,(H,26,28)/t16-/m0/s1. The zero-order chi connectivity index (χ0) is 23.5. The van der Waals surface area contributed by atoms with Crippen LogP contribution < -0.4 is 14.8 Å². The van der Waals surface area contributed by atoms with Gasteiger partial charge in [0, 0.05) is 5.69 Å². The normalized spacial score (nSPS) is 12.2. The number of sulfonamides is 1. The van der Waals surface area contributed by atoms with Gasteiger partial charge in [0.05, 0.1) is 20.6 Å². The predicted molar refractivity (Wildman–Crippen MR) is 128 cm³/mol. The lowest BCUT2D eigenvalue weighted by atomic mass is 10.1. The van der Waals surface area contributed by atoms with Crippen LogP contribution in [0.4, 0.5) is 11.4 Å². The van der Waals surface area contributed by atoms with Crippen molar-refractivity contribution in [3.8, 4) is 5.75 Å². The van der Waals surface area contributed by atoms with Gasteiger partial charge in [0.1, 0.15) is 5.75 Å². The first-order valence-electron chi connectivity index (χ1n) is 9.69. The van der Waals surface area contributed by atoms with E-state index in [4.69, 9.17) is 27.9 Å². The minimum atomic E-state index is -3.89. The van der Waals surface area contributed by atoms with E-state index in [1.165, 1.54) is 30.3 Å². The molecule has 0 heterocycles. The molecule has 3 aromatic carbocycles. The van der Waals surface area contributed by atoms with Crippen molar-refractivity contribution in [3.63, 3.8) is 0 Å². The zero-order valence-corrected chi connectivity index (χ0v) is 20.0. The van der Waals surface area contributed by atoms with E-state index >= 15 is 0 Å². The minimum absolute atomic E-state index is 0.00576. The molecule has 0 unspecified atom stereocenters. The van der Waals surface area contributed by atoms with Crippen molar-refractivity contribution in [1.82, 2.24) is 0 Å². The highest BCUT2D eigenvalue weighted by molar-refractivity contribution is 7.92. The van der Waals surface area contributed by atoms with E-state index in [1.807, 2.05) is 32.0 Å². The van der Waals surface area contributed by atoms with Crippen molar-refractivity contribution < 1.29 is 17.9 Å². The smallest absolute Gasteiger partial charge is 0.265 e. The lowest BCUT2D eigenvalue weighted by Crippen LogP contribution is -2.30. The van der Waals surface area contributed by atoms with E-state index < -0.39 is 16.1 Å². The van der Waals surface area contributed by atoms with Crippen molar-refractivity contribution in [3.05, 3.63) is 81.8 Å². The largest absolute Gasteiger partial charge is 0.481 e. The molecule has 0 fully saturated rings. The molecule has 0 bridgehead atoms. The van der Waals surface area contributed by atoms with Crippen molar-refractivity contribution in [2.24, 2.45) is 0 Å². The van der Waals surface area contributed by atoms with Crippen LogP contribution in [0.25, 0.3) is 0 Å². The number of aryl methyl sites for hydroxylation is 1. The molecule has 32 heavy (non-hydrogen) atoms. The molecule has 0 aromatic heterocycles. The summed E-state index contributed by atoms with van der Waals surface area (Å²) in [6, 6.07) is 16.1. The van der Waals surface area contributed by atoms with Gasteiger partial charge in [-0.1, -0.05) is 41.4 Å². The Morgan fingerprint density at radius 1 is 0.969 bits per heavy atom. The van der Waals surface area contributed by atoms with Crippen LogP contribution in [0.1, 0.15) is 18.1 Å². The van der Waals surface area contributed by atoms with Crippen LogP contribution in [0.15, 0.2) is 65.6 Å². The molecule has 3 aromatic rings. The van der Waals surface area contributed by atoms with E-state index in [2.05, 4.69) is 10.0 Å². The maximum absolute atomic E-state index is 12.6. The molecule has 6 nitrogen and oxygen atoms in total. The Morgan fingerprint density at radius 3 is 2.31 bits per heavy atom. The van der Waals surface area contributed by atoms with E-state index in [1.54, 1.807) is 19.1 Å². The van der Waals surface area contributed by atoms with Gasteiger partial charge in [0.15, 0.2) is 6.10 Å². The molecule has 168 valence electrons. The Labute approximate surface area is 197 Å². The van der Waals surface area contributed by atoms with E-state index in [0.717, 1.165) is 11.1 Å². The number of rotatable bonds is 7. The van der Waals surface area contributed by atoms with Gasteiger partial charge in [0.2, 0.25) is 0 Å². The molecule has 0 aliphatic carbocycles. The first-order valence-corrected chi connectivity index (χ1v) is 11.9. The Bertz CT molecular complexity index is 1250. The monoisotopic (exact) mass is 492 g/mol. The Morgan fingerprint density at radius 2 is 1.62 bits per heavy atom. The van der Waals surface area contributed by atoms with Crippen LogP contribution in [-0.4, -0.2) is 20.4 Å². The fourth-order valence-corrected chi connectivity index (χ4v) is 4.32. The van der Waals surface area contributed by atoms with E-state index in [9.17, 15) is 13.2 Å². The van der Waals surface area contributed by atoms with Gasteiger partial charge < -0.3 is 10.1 Å². The van der Waals surface area contributed by atoms with Gasteiger partial charge in [-0.3, -0.25) is 9.52 Å². The minimum Gasteiger partial charge on any atom is -0.481 e. The van der Waals surface area contributed by atoms with Gasteiger partial charge in [-0.15, -0.1) is 0 Å². The van der Waals surface area contributed by atoms with Crippen LogP contribution in [-0.2, 0) is 14.8 Å². The summed E-state index contributed by atoms with van der Waals surface area (Å²) >= 11 is 12.0. The maximum atomic E-state index is 12.6. The molecule has 3 rings (SSSR count). The second-order valence-electron chi connectivity index (χ2n) is 7.18. The number of nitrogens with one attached hydrogen (secondary N) is 2. The average molecular weight is 493 g/mol. The number of ether oxygens (including phenoxy) is 1. The van der Waals surface area contributed by atoms with Crippen molar-refractivity contribution in [1.29, 1.82) is 0 Å². The van der Waals surface area contributed by atoms with Gasteiger partial charge in [-0.25, -0.2) is 8.42 Å². The van der Waals surface area contributed by atoms with Crippen LogP contribution in [0.2, 0.25) is 10.0 Å². The van der Waals surface area contributed by atoms with E-state index in [0.29, 0.717) is 11.4 Å². The summed E-state index contributed by atoms with van der Waals surface area (Å²) in [6.07, 6.45) is -0.745. The summed E-state index contributed by atoms with van der Waals surface area (Å²) in [4.78, 5) is 12.5. The summed E-state index contributed by atoms with van der Waals surface area (Å²) in [7, 11) is -3.89. The third-order valence-corrected chi connectivity index (χ3v) is 7.06. The van der Waals surface area contributed by atoms with Gasteiger partial charge in [-0.2, -0.15) is 0 Å². The number of carbonyl (C=O) groups excluding carboxylic acids is 1. The number of benzene rings is 3. The molecule has 0 spiro atoms. The molecule has 1 amide bonds. The fraction of sp³-hybridized carbons (Fsp3) is 0.174. The van der Waals surface area contributed by atoms with Crippen molar-refractivity contribution >= 4 is 50.5 Å². The predicted octanol–water partition coefficient (Wildman–Crippen LogP) is 5.82. The van der Waals surface area contributed by atoms with Gasteiger partial charge in [0.25, 0.3) is 15.9 Å².